The third-order valence-electron chi connectivity index (χ3n) is 6.27. The molecule has 1 aliphatic heterocycles. The number of esters is 1. The highest BCUT2D eigenvalue weighted by molar-refractivity contribution is 5.70. The van der Waals surface area contributed by atoms with Crippen molar-refractivity contribution in [3.8, 4) is 16.9 Å². The summed E-state index contributed by atoms with van der Waals surface area (Å²) in [6, 6.07) is 6.65. The zero-order valence-corrected chi connectivity index (χ0v) is 18.2. The van der Waals surface area contributed by atoms with E-state index in [1.54, 1.807) is 17.9 Å². The Morgan fingerprint density at radius 1 is 0.969 bits per heavy atom. The molecule has 172 valence electrons. The molecule has 2 aliphatic rings. The van der Waals surface area contributed by atoms with Gasteiger partial charge in [-0.05, 0) is 80.3 Å². The van der Waals surface area contributed by atoms with Gasteiger partial charge in [0.1, 0.15) is 28.9 Å². The molecule has 2 aromatic rings. The van der Waals surface area contributed by atoms with Crippen molar-refractivity contribution in [1.82, 2.24) is 0 Å². The highest BCUT2D eigenvalue weighted by Gasteiger charge is 2.26. The van der Waals surface area contributed by atoms with Gasteiger partial charge in [0.05, 0.1) is 12.7 Å². The van der Waals surface area contributed by atoms with Crippen LogP contribution >= 0.6 is 0 Å². The second kappa shape index (κ2) is 9.84. The van der Waals surface area contributed by atoms with Gasteiger partial charge in [-0.25, -0.2) is 13.2 Å². The maximum Gasteiger partial charge on any atom is 0.306 e. The maximum atomic E-state index is 15.0. The van der Waals surface area contributed by atoms with Crippen LogP contribution < -0.4 is 9.64 Å². The molecular formula is C25H28F3NO3. The van der Waals surface area contributed by atoms with E-state index in [-0.39, 0.29) is 29.2 Å². The van der Waals surface area contributed by atoms with Crippen LogP contribution in [0.25, 0.3) is 11.1 Å². The first-order valence-corrected chi connectivity index (χ1v) is 11.3. The maximum absolute atomic E-state index is 15.0. The quantitative estimate of drug-likeness (QED) is 0.498. The van der Waals surface area contributed by atoms with Crippen molar-refractivity contribution in [1.29, 1.82) is 0 Å². The molecule has 0 atom stereocenters. The highest BCUT2D eigenvalue weighted by atomic mass is 19.1. The minimum atomic E-state index is -0.686. The van der Waals surface area contributed by atoms with Crippen LogP contribution in [0.3, 0.4) is 0 Å². The van der Waals surface area contributed by atoms with Crippen molar-refractivity contribution in [3.05, 3.63) is 47.8 Å². The third kappa shape index (κ3) is 5.19. The number of hydrogen-bond donors (Lipinski definition) is 0. The summed E-state index contributed by atoms with van der Waals surface area (Å²) in [5.74, 6) is -1.59. The van der Waals surface area contributed by atoms with E-state index >= 15 is 0 Å². The zero-order valence-electron chi connectivity index (χ0n) is 18.2. The van der Waals surface area contributed by atoms with Gasteiger partial charge in [-0.1, -0.05) is 0 Å². The summed E-state index contributed by atoms with van der Waals surface area (Å²) < 4.78 is 54.8. The second-order valence-corrected chi connectivity index (χ2v) is 8.57. The van der Waals surface area contributed by atoms with Crippen LogP contribution in [-0.4, -0.2) is 31.8 Å². The fourth-order valence-electron chi connectivity index (χ4n) is 4.33. The molecule has 32 heavy (non-hydrogen) atoms. The highest BCUT2D eigenvalue weighted by Crippen LogP contribution is 2.35. The SMILES string of the molecule is CCOC(=O)CC1CCN(c2c(F)cc(-c3cc(F)cc(OC4CCC4)c3)cc2F)CC1. The third-order valence-corrected chi connectivity index (χ3v) is 6.27. The van der Waals surface area contributed by atoms with E-state index in [0.717, 1.165) is 19.3 Å². The summed E-state index contributed by atoms with van der Waals surface area (Å²) in [6.07, 6.45) is 4.67. The summed E-state index contributed by atoms with van der Waals surface area (Å²) >= 11 is 0. The number of piperidine rings is 1. The number of benzene rings is 2. The molecule has 0 unspecified atom stereocenters. The molecule has 0 aromatic heterocycles. The lowest BCUT2D eigenvalue weighted by atomic mass is 9.93. The molecule has 1 heterocycles. The summed E-state index contributed by atoms with van der Waals surface area (Å²) in [6.45, 7) is 3.02. The first-order chi connectivity index (χ1) is 15.4. The normalized spacial score (nSPS) is 17.2. The predicted molar refractivity (Wildman–Crippen MR) is 116 cm³/mol. The van der Waals surface area contributed by atoms with E-state index in [0.29, 0.717) is 50.3 Å². The Hall–Kier alpha value is -2.70. The van der Waals surface area contributed by atoms with Gasteiger partial charge in [0.25, 0.3) is 0 Å². The first-order valence-electron chi connectivity index (χ1n) is 11.3. The number of rotatable bonds is 7. The van der Waals surface area contributed by atoms with Crippen molar-refractivity contribution in [2.24, 2.45) is 5.92 Å². The van der Waals surface area contributed by atoms with Crippen molar-refractivity contribution in [2.45, 2.75) is 51.6 Å². The standard InChI is InChI=1S/C25H28F3NO3/c1-2-31-24(30)10-16-6-8-29(9-7-16)25-22(27)13-18(14-23(25)28)17-11-19(26)15-21(12-17)32-20-4-3-5-20/h11-16,20H,2-10H2,1H3. The van der Waals surface area contributed by atoms with Gasteiger partial charge in [0, 0.05) is 25.6 Å². The van der Waals surface area contributed by atoms with E-state index in [4.69, 9.17) is 9.47 Å². The Balaban J connectivity index is 1.48. The van der Waals surface area contributed by atoms with Crippen LogP contribution in [0, 0.1) is 23.4 Å². The first kappa shape index (κ1) is 22.5. The molecule has 2 aromatic carbocycles. The van der Waals surface area contributed by atoms with Gasteiger partial charge in [0.2, 0.25) is 0 Å². The smallest absolute Gasteiger partial charge is 0.306 e. The molecule has 7 heteroatoms. The largest absolute Gasteiger partial charge is 0.490 e. The molecular weight excluding hydrogens is 419 g/mol. The number of carbonyl (C=O) groups excluding carboxylic acids is 1. The van der Waals surface area contributed by atoms with Gasteiger partial charge >= 0.3 is 5.97 Å². The van der Waals surface area contributed by atoms with E-state index in [9.17, 15) is 18.0 Å². The average Bonchev–Trinajstić information content (AvgIpc) is 2.71. The van der Waals surface area contributed by atoms with Crippen LogP contribution in [0.15, 0.2) is 30.3 Å². The summed E-state index contributed by atoms with van der Waals surface area (Å²) in [5.41, 5.74) is 0.557. The molecule has 1 saturated carbocycles. The molecule has 1 aliphatic carbocycles. The van der Waals surface area contributed by atoms with Crippen molar-refractivity contribution in [2.75, 3.05) is 24.6 Å². The average molecular weight is 447 g/mol. The Kier molecular flexibility index (Phi) is 6.92. The molecule has 4 nitrogen and oxygen atoms in total. The molecule has 0 amide bonds. The molecule has 1 saturated heterocycles. The minimum Gasteiger partial charge on any atom is -0.490 e. The minimum absolute atomic E-state index is 0.0762. The number of anilines is 1. The van der Waals surface area contributed by atoms with Crippen molar-refractivity contribution < 1.29 is 27.4 Å². The van der Waals surface area contributed by atoms with Gasteiger partial charge in [-0.3, -0.25) is 4.79 Å². The Bertz CT molecular complexity index is 946. The Morgan fingerprint density at radius 2 is 1.62 bits per heavy atom. The van der Waals surface area contributed by atoms with Gasteiger partial charge < -0.3 is 14.4 Å². The van der Waals surface area contributed by atoms with Gasteiger partial charge in [-0.2, -0.15) is 0 Å². The fraction of sp³-hybridized carbons (Fsp3) is 0.480. The van der Waals surface area contributed by atoms with Crippen LogP contribution in [0.5, 0.6) is 5.75 Å². The van der Waals surface area contributed by atoms with Crippen LogP contribution in [0.1, 0.15) is 45.4 Å². The molecule has 2 fully saturated rings. The summed E-state index contributed by atoms with van der Waals surface area (Å²) in [5, 5.41) is 0. The van der Waals surface area contributed by atoms with Crippen LogP contribution in [0.4, 0.5) is 18.9 Å². The number of hydrogen-bond acceptors (Lipinski definition) is 4. The van der Waals surface area contributed by atoms with E-state index in [1.807, 2.05) is 0 Å². The number of ether oxygens (including phenoxy) is 2. The van der Waals surface area contributed by atoms with E-state index < -0.39 is 17.5 Å². The second-order valence-electron chi connectivity index (χ2n) is 8.57. The van der Waals surface area contributed by atoms with E-state index in [2.05, 4.69) is 0 Å². The number of halogens is 3. The molecule has 0 spiro atoms. The van der Waals surface area contributed by atoms with Gasteiger partial charge in [0.15, 0.2) is 0 Å². The van der Waals surface area contributed by atoms with Crippen molar-refractivity contribution in [3.63, 3.8) is 0 Å². The van der Waals surface area contributed by atoms with Crippen LogP contribution in [0.2, 0.25) is 0 Å². The lowest BCUT2D eigenvalue weighted by Gasteiger charge is -2.33. The monoisotopic (exact) mass is 447 g/mol. The zero-order chi connectivity index (χ0) is 22.7. The Morgan fingerprint density at radius 3 is 2.22 bits per heavy atom. The molecule has 4 rings (SSSR count). The number of nitrogens with zero attached hydrogens (tertiary/aromatic N) is 1. The fourth-order valence-corrected chi connectivity index (χ4v) is 4.33. The lowest BCUT2D eigenvalue weighted by molar-refractivity contribution is -0.144. The van der Waals surface area contributed by atoms with Crippen LogP contribution in [-0.2, 0) is 9.53 Å². The van der Waals surface area contributed by atoms with Gasteiger partial charge in [-0.15, -0.1) is 0 Å². The topological polar surface area (TPSA) is 38.8 Å². The molecule has 0 radical (unpaired) electrons. The Labute approximate surface area is 186 Å². The molecule has 0 N–H and O–H groups in total. The summed E-state index contributed by atoms with van der Waals surface area (Å²) in [7, 11) is 0. The summed E-state index contributed by atoms with van der Waals surface area (Å²) in [4.78, 5) is 13.4. The van der Waals surface area contributed by atoms with E-state index in [1.165, 1.54) is 24.3 Å². The predicted octanol–water partition coefficient (Wildman–Crippen LogP) is 5.87. The molecule has 0 bridgehead atoms. The van der Waals surface area contributed by atoms with Crippen molar-refractivity contribution >= 4 is 11.7 Å². The number of carbonyl (C=O) groups is 1. The lowest BCUT2D eigenvalue weighted by Crippen LogP contribution is -2.35.